The highest BCUT2D eigenvalue weighted by atomic mass is 35.7. The van der Waals surface area contributed by atoms with Crippen LogP contribution >= 0.6 is 22.3 Å². The number of rotatable bonds is 2. The van der Waals surface area contributed by atoms with Gasteiger partial charge in [0.25, 0.3) is 15.5 Å². The zero-order valence-electron chi connectivity index (χ0n) is 6.42. The third-order valence-corrected chi connectivity index (χ3v) is 3.07. The Bertz CT molecular complexity index is 449. The minimum absolute atomic E-state index is 0.610. The molecule has 0 fully saturated rings. The Morgan fingerprint density at radius 3 is 2.43 bits per heavy atom. The minimum Gasteiger partial charge on any atom is -0.242 e. The molecule has 14 heavy (non-hydrogen) atoms. The van der Waals surface area contributed by atoms with Crippen LogP contribution in [0.5, 0.6) is 0 Å². The molecule has 0 saturated heterocycles. The maximum absolute atomic E-state index is 12.2. The number of hydrogen-bond donors (Lipinski definition) is 0. The van der Waals surface area contributed by atoms with Gasteiger partial charge >= 0.3 is 0 Å². The smallest absolute Gasteiger partial charge is 0.242 e. The van der Waals surface area contributed by atoms with Crippen LogP contribution in [0.2, 0.25) is 5.02 Å². The van der Waals surface area contributed by atoms with E-state index in [1.165, 1.54) is 0 Å². The van der Waals surface area contributed by atoms with E-state index < -0.39 is 31.1 Å². The molecule has 0 aliphatic rings. The van der Waals surface area contributed by atoms with Crippen LogP contribution in [-0.2, 0) is 9.05 Å². The summed E-state index contributed by atoms with van der Waals surface area (Å²) in [6.45, 7) is 0. The predicted octanol–water partition coefficient (Wildman–Crippen LogP) is 2.60. The number of nitrogens with zero attached hydrogens (tertiary/aromatic N) is 1. The van der Waals surface area contributed by atoms with Gasteiger partial charge in [0, 0.05) is 22.4 Å². The highest BCUT2D eigenvalue weighted by Crippen LogP contribution is 2.31. The molecular formula is C6H3Cl2F2NO2S. The standard InChI is InChI=1S/C6H3Cl2F2NO2S/c7-4-3(5(9)10)1-2-11-6(4)14(8,12)13/h1-2,5H. The second-order valence-corrected chi connectivity index (χ2v) is 5.12. The first-order chi connectivity index (χ1) is 6.34. The van der Waals surface area contributed by atoms with Gasteiger partial charge in [-0.25, -0.2) is 22.2 Å². The lowest BCUT2D eigenvalue weighted by molar-refractivity contribution is 0.151. The second-order valence-electron chi connectivity index (χ2n) is 2.26. The lowest BCUT2D eigenvalue weighted by atomic mass is 10.3. The molecule has 0 amide bonds. The molecule has 0 radical (unpaired) electrons. The van der Waals surface area contributed by atoms with Gasteiger partial charge < -0.3 is 0 Å². The van der Waals surface area contributed by atoms with Crippen LogP contribution in [0.15, 0.2) is 17.3 Å². The lowest BCUT2D eigenvalue weighted by Crippen LogP contribution is -1.99. The first kappa shape index (κ1) is 11.6. The molecular weight excluding hydrogens is 259 g/mol. The predicted molar refractivity (Wildman–Crippen MR) is 47.2 cm³/mol. The fourth-order valence-electron chi connectivity index (χ4n) is 0.777. The van der Waals surface area contributed by atoms with Crippen LogP contribution in [0.4, 0.5) is 8.78 Å². The molecule has 0 unspecified atom stereocenters. The van der Waals surface area contributed by atoms with E-state index in [4.69, 9.17) is 22.3 Å². The van der Waals surface area contributed by atoms with Crippen LogP contribution in [0, 0.1) is 0 Å². The van der Waals surface area contributed by atoms with Gasteiger partial charge in [-0.2, -0.15) is 0 Å². The normalized spacial score (nSPS) is 12.1. The van der Waals surface area contributed by atoms with E-state index in [-0.39, 0.29) is 0 Å². The Labute approximate surface area is 88.1 Å². The van der Waals surface area contributed by atoms with E-state index >= 15 is 0 Å². The van der Waals surface area contributed by atoms with Crippen molar-refractivity contribution in [1.29, 1.82) is 0 Å². The summed E-state index contributed by atoms with van der Waals surface area (Å²) in [7, 11) is 0.727. The van der Waals surface area contributed by atoms with Crippen molar-refractivity contribution in [3.05, 3.63) is 22.8 Å². The van der Waals surface area contributed by atoms with Gasteiger partial charge in [-0.05, 0) is 6.07 Å². The summed E-state index contributed by atoms with van der Waals surface area (Å²) in [6, 6.07) is 0.929. The van der Waals surface area contributed by atoms with Gasteiger partial charge in [-0.1, -0.05) is 11.6 Å². The summed E-state index contributed by atoms with van der Waals surface area (Å²) in [5.41, 5.74) is -0.610. The third-order valence-electron chi connectivity index (χ3n) is 1.35. The van der Waals surface area contributed by atoms with E-state index in [9.17, 15) is 17.2 Å². The minimum atomic E-state index is -4.19. The monoisotopic (exact) mass is 261 g/mol. The Morgan fingerprint density at radius 1 is 1.43 bits per heavy atom. The Morgan fingerprint density at radius 2 is 2.00 bits per heavy atom. The van der Waals surface area contributed by atoms with Crippen LogP contribution in [0.1, 0.15) is 12.0 Å². The molecule has 3 nitrogen and oxygen atoms in total. The second kappa shape index (κ2) is 3.96. The molecule has 0 bridgehead atoms. The maximum Gasteiger partial charge on any atom is 0.280 e. The summed E-state index contributed by atoms with van der Waals surface area (Å²) in [4.78, 5) is 3.31. The fourth-order valence-corrected chi connectivity index (χ4v) is 2.26. The SMILES string of the molecule is O=S(=O)(Cl)c1nccc(C(F)F)c1Cl. The molecule has 1 aromatic heterocycles. The lowest BCUT2D eigenvalue weighted by Gasteiger charge is -2.04. The Kier molecular flexibility index (Phi) is 3.28. The molecule has 0 spiro atoms. The van der Waals surface area contributed by atoms with E-state index in [0.29, 0.717) is 0 Å². The topological polar surface area (TPSA) is 47.0 Å². The molecule has 78 valence electrons. The summed E-state index contributed by atoms with van der Waals surface area (Å²) >= 11 is 5.38. The molecule has 1 heterocycles. The van der Waals surface area contributed by atoms with Crippen molar-refractivity contribution in [2.75, 3.05) is 0 Å². The number of halogens is 4. The van der Waals surface area contributed by atoms with Crippen molar-refractivity contribution in [1.82, 2.24) is 4.98 Å². The quantitative estimate of drug-likeness (QED) is 0.769. The molecule has 1 rings (SSSR count). The molecule has 0 aliphatic heterocycles. The summed E-state index contributed by atoms with van der Waals surface area (Å²) in [5, 5.41) is -1.39. The zero-order chi connectivity index (χ0) is 10.9. The van der Waals surface area contributed by atoms with Gasteiger partial charge in [0.15, 0.2) is 5.03 Å². The van der Waals surface area contributed by atoms with E-state index in [1.807, 2.05) is 0 Å². The number of aromatic nitrogens is 1. The van der Waals surface area contributed by atoms with Gasteiger partial charge in [0.1, 0.15) is 0 Å². The summed E-state index contributed by atoms with van der Waals surface area (Å²) in [6.07, 6.45) is -1.97. The van der Waals surface area contributed by atoms with Gasteiger partial charge in [0.05, 0.1) is 5.02 Å². The van der Waals surface area contributed by atoms with Crippen molar-refractivity contribution < 1.29 is 17.2 Å². The van der Waals surface area contributed by atoms with E-state index in [2.05, 4.69) is 4.98 Å². The van der Waals surface area contributed by atoms with E-state index in [0.717, 1.165) is 12.3 Å². The van der Waals surface area contributed by atoms with Crippen LogP contribution in [0.3, 0.4) is 0 Å². The Hall–Kier alpha value is -0.460. The van der Waals surface area contributed by atoms with Crippen molar-refractivity contribution in [2.24, 2.45) is 0 Å². The van der Waals surface area contributed by atoms with E-state index in [1.54, 1.807) is 0 Å². The average Bonchev–Trinajstić information content (AvgIpc) is 2.01. The van der Waals surface area contributed by atoms with Crippen molar-refractivity contribution in [3.63, 3.8) is 0 Å². The van der Waals surface area contributed by atoms with Gasteiger partial charge in [-0.3, -0.25) is 0 Å². The largest absolute Gasteiger partial charge is 0.280 e. The number of pyridine rings is 1. The summed E-state index contributed by atoms with van der Waals surface area (Å²) < 4.78 is 46.1. The van der Waals surface area contributed by atoms with Crippen LogP contribution in [0.25, 0.3) is 0 Å². The molecule has 0 atom stereocenters. The van der Waals surface area contributed by atoms with Crippen molar-refractivity contribution in [2.45, 2.75) is 11.5 Å². The molecule has 0 N–H and O–H groups in total. The third kappa shape index (κ3) is 2.31. The first-order valence-electron chi connectivity index (χ1n) is 3.21. The van der Waals surface area contributed by atoms with Gasteiger partial charge in [0.2, 0.25) is 0 Å². The number of alkyl halides is 2. The Balaban J connectivity index is 3.43. The summed E-state index contributed by atoms with van der Waals surface area (Å²) in [5.74, 6) is 0. The average molecular weight is 262 g/mol. The first-order valence-corrected chi connectivity index (χ1v) is 5.90. The highest BCUT2D eigenvalue weighted by molar-refractivity contribution is 8.13. The molecule has 0 aromatic carbocycles. The van der Waals surface area contributed by atoms with Crippen LogP contribution < -0.4 is 0 Å². The number of hydrogen-bond acceptors (Lipinski definition) is 3. The molecule has 0 saturated carbocycles. The zero-order valence-corrected chi connectivity index (χ0v) is 8.74. The van der Waals surface area contributed by atoms with Crippen molar-refractivity contribution in [3.8, 4) is 0 Å². The van der Waals surface area contributed by atoms with Crippen LogP contribution in [-0.4, -0.2) is 13.4 Å². The molecule has 8 heteroatoms. The van der Waals surface area contributed by atoms with Crippen molar-refractivity contribution >= 4 is 31.3 Å². The highest BCUT2D eigenvalue weighted by Gasteiger charge is 2.22. The van der Waals surface area contributed by atoms with Gasteiger partial charge in [-0.15, -0.1) is 0 Å². The molecule has 1 aromatic rings. The maximum atomic E-state index is 12.2. The fraction of sp³-hybridized carbons (Fsp3) is 0.167. The molecule has 0 aliphatic carbocycles.